The molecular weight excluding hydrogens is 232 g/mol. The molecule has 1 aromatic carbocycles. The van der Waals surface area contributed by atoms with Crippen LogP contribution in [-0.4, -0.2) is 29.0 Å². The molecule has 1 rings (SSSR count). The van der Waals surface area contributed by atoms with Gasteiger partial charge in [0, 0.05) is 11.7 Å². The van der Waals surface area contributed by atoms with Crippen LogP contribution in [0, 0.1) is 0 Å². The lowest BCUT2D eigenvalue weighted by molar-refractivity contribution is 0.209. The largest absolute Gasteiger partial charge is 0.465 e. The van der Waals surface area contributed by atoms with Gasteiger partial charge in [0.1, 0.15) is 0 Å². The molecule has 16 heavy (non-hydrogen) atoms. The molecule has 0 saturated heterocycles. The third-order valence-electron chi connectivity index (χ3n) is 1.91. The van der Waals surface area contributed by atoms with Gasteiger partial charge in [0.15, 0.2) is 0 Å². The summed E-state index contributed by atoms with van der Waals surface area (Å²) in [6.45, 7) is -0.0867. The van der Waals surface area contributed by atoms with Crippen molar-refractivity contribution < 1.29 is 15.0 Å². The molecule has 0 radical (unpaired) electrons. The summed E-state index contributed by atoms with van der Waals surface area (Å²) in [4.78, 5) is 10.4. The Labute approximate surface area is 99.7 Å². The van der Waals surface area contributed by atoms with E-state index in [0.29, 0.717) is 12.1 Å². The molecule has 0 fully saturated rings. The second kappa shape index (κ2) is 7.05. The lowest BCUT2D eigenvalue weighted by Crippen LogP contribution is -2.26. The number of aliphatic hydroxyl groups excluding tert-OH is 1. The number of carboxylic acid groups (broad SMARTS) is 1. The van der Waals surface area contributed by atoms with Crippen molar-refractivity contribution in [1.82, 2.24) is 0 Å². The van der Waals surface area contributed by atoms with Gasteiger partial charge in [-0.15, -0.1) is 12.4 Å². The smallest absolute Gasteiger partial charge is 0.409 e. The van der Waals surface area contributed by atoms with Crippen molar-refractivity contribution in [3.05, 3.63) is 29.8 Å². The average Bonchev–Trinajstić information content (AvgIpc) is 2.17. The van der Waals surface area contributed by atoms with Crippen LogP contribution >= 0.6 is 12.4 Å². The molecule has 0 spiro atoms. The van der Waals surface area contributed by atoms with Crippen molar-refractivity contribution in [2.24, 2.45) is 5.73 Å². The van der Waals surface area contributed by atoms with E-state index < -0.39 is 6.09 Å². The summed E-state index contributed by atoms with van der Waals surface area (Å²) in [6, 6.07) is 6.61. The molecule has 5 nitrogen and oxygen atoms in total. The Hall–Kier alpha value is -1.30. The molecule has 0 aliphatic carbocycles. The van der Waals surface area contributed by atoms with E-state index >= 15 is 0 Å². The number of rotatable bonds is 4. The van der Waals surface area contributed by atoms with E-state index in [0.717, 1.165) is 5.56 Å². The van der Waals surface area contributed by atoms with Crippen molar-refractivity contribution in [3.63, 3.8) is 0 Å². The molecule has 0 saturated carbocycles. The fraction of sp³-hybridized carbons (Fsp3) is 0.300. The number of anilines is 1. The number of halogens is 1. The molecular formula is C10H15ClN2O3. The van der Waals surface area contributed by atoms with E-state index in [4.69, 9.17) is 15.9 Å². The van der Waals surface area contributed by atoms with Crippen molar-refractivity contribution in [2.75, 3.05) is 11.9 Å². The Morgan fingerprint density at radius 1 is 1.50 bits per heavy atom. The van der Waals surface area contributed by atoms with Gasteiger partial charge in [-0.2, -0.15) is 0 Å². The Morgan fingerprint density at radius 2 is 2.19 bits per heavy atom. The first kappa shape index (κ1) is 14.7. The van der Waals surface area contributed by atoms with E-state index in [1.165, 1.54) is 0 Å². The number of carbonyl (C=O) groups is 1. The van der Waals surface area contributed by atoms with Gasteiger partial charge < -0.3 is 15.9 Å². The molecule has 5 N–H and O–H groups in total. The zero-order valence-corrected chi connectivity index (χ0v) is 9.41. The number of hydrogen-bond donors (Lipinski definition) is 4. The lowest BCUT2D eigenvalue weighted by Gasteiger charge is -2.09. The first-order valence-corrected chi connectivity index (χ1v) is 4.57. The van der Waals surface area contributed by atoms with E-state index in [1.54, 1.807) is 18.2 Å². The van der Waals surface area contributed by atoms with Gasteiger partial charge in [0.25, 0.3) is 0 Å². The third-order valence-corrected chi connectivity index (χ3v) is 1.91. The van der Waals surface area contributed by atoms with Gasteiger partial charge >= 0.3 is 6.09 Å². The number of nitrogens with one attached hydrogen (secondary N) is 1. The van der Waals surface area contributed by atoms with Crippen molar-refractivity contribution in [3.8, 4) is 0 Å². The van der Waals surface area contributed by atoms with Crippen molar-refractivity contribution >= 4 is 24.2 Å². The fourth-order valence-electron chi connectivity index (χ4n) is 1.27. The van der Waals surface area contributed by atoms with Gasteiger partial charge in [0.05, 0.1) is 6.61 Å². The summed E-state index contributed by atoms with van der Waals surface area (Å²) in [5.74, 6) is 0. The standard InChI is InChI=1S/C10H14N2O3.ClH/c11-8(6-13)4-7-2-1-3-9(5-7)12-10(14)15;/h1-3,5,8,12-13H,4,6,11H2,(H,14,15);1H. The second-order valence-electron chi connectivity index (χ2n) is 3.28. The van der Waals surface area contributed by atoms with Crippen LogP contribution in [0.15, 0.2) is 24.3 Å². The molecule has 0 aliphatic heterocycles. The molecule has 0 bridgehead atoms. The van der Waals surface area contributed by atoms with E-state index in [9.17, 15) is 4.79 Å². The zero-order valence-electron chi connectivity index (χ0n) is 8.59. The second-order valence-corrected chi connectivity index (χ2v) is 3.28. The van der Waals surface area contributed by atoms with Crippen LogP contribution in [0.2, 0.25) is 0 Å². The highest BCUT2D eigenvalue weighted by Crippen LogP contribution is 2.11. The molecule has 0 aliphatic rings. The van der Waals surface area contributed by atoms with Gasteiger partial charge in [-0.3, -0.25) is 5.32 Å². The van der Waals surface area contributed by atoms with Crippen LogP contribution < -0.4 is 11.1 Å². The lowest BCUT2D eigenvalue weighted by atomic mass is 10.1. The highest BCUT2D eigenvalue weighted by Gasteiger charge is 2.04. The van der Waals surface area contributed by atoms with Crippen LogP contribution in [0.1, 0.15) is 5.56 Å². The van der Waals surface area contributed by atoms with Crippen molar-refractivity contribution in [2.45, 2.75) is 12.5 Å². The number of nitrogens with two attached hydrogens (primary N) is 1. The Balaban J connectivity index is 0.00000225. The van der Waals surface area contributed by atoms with Crippen LogP contribution in [0.3, 0.4) is 0 Å². The quantitative estimate of drug-likeness (QED) is 0.639. The maximum absolute atomic E-state index is 10.4. The Morgan fingerprint density at radius 3 is 2.75 bits per heavy atom. The first-order valence-electron chi connectivity index (χ1n) is 4.57. The van der Waals surface area contributed by atoms with Crippen LogP contribution in [0.4, 0.5) is 10.5 Å². The maximum atomic E-state index is 10.4. The summed E-state index contributed by atoms with van der Waals surface area (Å²) in [5, 5.41) is 19.5. The first-order chi connectivity index (χ1) is 7.11. The van der Waals surface area contributed by atoms with Gasteiger partial charge in [0.2, 0.25) is 0 Å². The fourth-order valence-corrected chi connectivity index (χ4v) is 1.27. The zero-order chi connectivity index (χ0) is 11.3. The number of benzene rings is 1. The van der Waals surface area contributed by atoms with Gasteiger partial charge in [-0.25, -0.2) is 4.79 Å². The minimum Gasteiger partial charge on any atom is -0.465 e. The third kappa shape index (κ3) is 4.97. The van der Waals surface area contributed by atoms with Gasteiger partial charge in [-0.05, 0) is 24.1 Å². The van der Waals surface area contributed by atoms with E-state index in [1.807, 2.05) is 6.07 Å². The highest BCUT2D eigenvalue weighted by atomic mass is 35.5. The van der Waals surface area contributed by atoms with Crippen LogP contribution in [-0.2, 0) is 6.42 Å². The summed E-state index contributed by atoms with van der Waals surface area (Å²) in [5.41, 5.74) is 6.97. The monoisotopic (exact) mass is 246 g/mol. The molecule has 1 aromatic rings. The van der Waals surface area contributed by atoms with Crippen LogP contribution in [0.25, 0.3) is 0 Å². The number of aliphatic hydroxyl groups is 1. The molecule has 0 aromatic heterocycles. The predicted molar refractivity (Wildman–Crippen MR) is 64.1 cm³/mol. The minimum atomic E-state index is -1.10. The number of hydrogen-bond acceptors (Lipinski definition) is 3. The Bertz CT molecular complexity index is 347. The van der Waals surface area contributed by atoms with Crippen molar-refractivity contribution in [1.29, 1.82) is 0 Å². The van der Waals surface area contributed by atoms with Gasteiger partial charge in [-0.1, -0.05) is 12.1 Å². The average molecular weight is 247 g/mol. The molecule has 90 valence electrons. The summed E-state index contributed by atoms with van der Waals surface area (Å²) in [6.07, 6.45) is -0.579. The summed E-state index contributed by atoms with van der Waals surface area (Å²) in [7, 11) is 0. The van der Waals surface area contributed by atoms with E-state index in [2.05, 4.69) is 5.32 Å². The Kier molecular flexibility index (Phi) is 6.48. The highest BCUT2D eigenvalue weighted by molar-refractivity contribution is 5.85. The molecule has 0 heterocycles. The molecule has 6 heteroatoms. The maximum Gasteiger partial charge on any atom is 0.409 e. The predicted octanol–water partition coefficient (Wildman–Crippen LogP) is 1.06. The van der Waals surface area contributed by atoms with E-state index in [-0.39, 0.29) is 25.1 Å². The number of amides is 1. The molecule has 1 atom stereocenters. The minimum absolute atomic E-state index is 0. The normalized spacial score (nSPS) is 11.4. The SMILES string of the molecule is Cl.NC(CO)Cc1cccc(NC(=O)O)c1. The topological polar surface area (TPSA) is 95.6 Å². The summed E-state index contributed by atoms with van der Waals surface area (Å²) >= 11 is 0. The molecule has 1 unspecified atom stereocenters. The summed E-state index contributed by atoms with van der Waals surface area (Å²) < 4.78 is 0. The van der Waals surface area contributed by atoms with Crippen LogP contribution in [0.5, 0.6) is 0 Å². The molecule has 1 amide bonds.